The fourth-order valence-corrected chi connectivity index (χ4v) is 7.47. The van der Waals surface area contributed by atoms with E-state index in [-0.39, 0.29) is 0 Å². The van der Waals surface area contributed by atoms with Gasteiger partial charge in [-0.2, -0.15) is 0 Å². The first kappa shape index (κ1) is 15.9. The van der Waals surface area contributed by atoms with Crippen molar-refractivity contribution in [2.45, 2.75) is 85.0 Å². The molecule has 0 aromatic carbocycles. The van der Waals surface area contributed by atoms with Crippen LogP contribution in [0.15, 0.2) is 11.6 Å². The summed E-state index contributed by atoms with van der Waals surface area (Å²) in [5, 5.41) is 0. The second kappa shape index (κ2) is 5.46. The molecule has 23 heavy (non-hydrogen) atoms. The molecule has 4 aliphatic carbocycles. The number of fused-ring (bicyclic) bond motifs is 5. The van der Waals surface area contributed by atoms with Gasteiger partial charge in [0.15, 0.2) is 0 Å². The smallest absolute Gasteiger partial charge is 0.136 e. The molecule has 1 heteroatoms. The molecule has 3 fully saturated rings. The molecule has 1 nitrogen and oxygen atoms in total. The molecule has 3 saturated carbocycles. The number of carbonyl (C=O) groups excluding carboxylic acids is 1. The third-order valence-corrected chi connectivity index (χ3v) is 8.75. The van der Waals surface area contributed by atoms with Gasteiger partial charge in [-0.1, -0.05) is 38.8 Å². The van der Waals surface area contributed by atoms with Crippen LogP contribution in [0.1, 0.15) is 85.0 Å². The van der Waals surface area contributed by atoms with Crippen LogP contribution in [0.2, 0.25) is 0 Å². The Bertz CT molecular complexity index is 532. The van der Waals surface area contributed by atoms with Gasteiger partial charge in [-0.05, 0) is 80.0 Å². The first-order valence-corrected chi connectivity index (χ1v) is 10.2. The normalized spacial score (nSPS) is 48.9. The van der Waals surface area contributed by atoms with Crippen LogP contribution in [-0.2, 0) is 4.79 Å². The standard InChI is InChI=1S/C22H34O/c1-4-20(23)19-11-10-17-16-9-8-15-7-5-6-13-21(15,2)18(16)12-14-22(17,19)3/h8,16-19H,4-7,9-14H2,1-3H3/t16-,17-,18-,19+,21-,22-/m0/s1. The molecule has 0 heterocycles. The van der Waals surface area contributed by atoms with E-state index in [1.54, 1.807) is 5.57 Å². The average Bonchev–Trinajstić information content (AvgIpc) is 2.91. The van der Waals surface area contributed by atoms with Gasteiger partial charge in [0.05, 0.1) is 0 Å². The molecule has 0 bridgehead atoms. The minimum absolute atomic E-state index is 0.310. The molecular formula is C22H34O. The highest BCUT2D eigenvalue weighted by atomic mass is 16.1. The Labute approximate surface area is 142 Å². The lowest BCUT2D eigenvalue weighted by Crippen LogP contribution is -2.50. The highest BCUT2D eigenvalue weighted by Crippen LogP contribution is 2.66. The molecule has 0 N–H and O–H groups in total. The summed E-state index contributed by atoms with van der Waals surface area (Å²) >= 11 is 0. The number of rotatable bonds is 2. The Morgan fingerprint density at radius 2 is 1.96 bits per heavy atom. The highest BCUT2D eigenvalue weighted by Gasteiger charge is 2.59. The van der Waals surface area contributed by atoms with E-state index in [4.69, 9.17) is 0 Å². The predicted molar refractivity (Wildman–Crippen MR) is 95.1 cm³/mol. The summed E-state index contributed by atoms with van der Waals surface area (Å²) in [6, 6.07) is 0. The molecule has 0 aromatic heterocycles. The van der Waals surface area contributed by atoms with Crippen LogP contribution >= 0.6 is 0 Å². The Kier molecular flexibility index (Phi) is 3.78. The lowest BCUT2D eigenvalue weighted by atomic mass is 9.47. The van der Waals surface area contributed by atoms with Crippen LogP contribution in [0.3, 0.4) is 0 Å². The molecule has 0 spiro atoms. The first-order valence-electron chi connectivity index (χ1n) is 10.2. The SMILES string of the molecule is CCC(=O)[C@H]1CC[C@H]2[C@@H]3CC=C4CCCC[C@]4(C)[C@H]3CC[C@]12C. The number of ketones is 1. The van der Waals surface area contributed by atoms with Gasteiger partial charge in [-0.3, -0.25) is 4.79 Å². The number of carbonyl (C=O) groups is 1. The number of allylic oxidation sites excluding steroid dienone is 2. The molecule has 0 radical (unpaired) electrons. The number of hydrogen-bond acceptors (Lipinski definition) is 1. The van der Waals surface area contributed by atoms with E-state index in [1.807, 2.05) is 0 Å². The van der Waals surface area contributed by atoms with Crippen molar-refractivity contribution in [1.29, 1.82) is 0 Å². The van der Waals surface area contributed by atoms with E-state index >= 15 is 0 Å². The van der Waals surface area contributed by atoms with Gasteiger partial charge in [0.25, 0.3) is 0 Å². The molecule has 0 amide bonds. The zero-order valence-electron chi connectivity index (χ0n) is 15.4. The van der Waals surface area contributed by atoms with E-state index in [0.717, 1.165) is 24.2 Å². The van der Waals surface area contributed by atoms with Crippen molar-refractivity contribution < 1.29 is 4.79 Å². The molecule has 0 saturated heterocycles. The van der Waals surface area contributed by atoms with Crippen LogP contribution in [0.25, 0.3) is 0 Å². The van der Waals surface area contributed by atoms with E-state index in [2.05, 4.69) is 26.8 Å². The van der Waals surface area contributed by atoms with Gasteiger partial charge in [0.1, 0.15) is 5.78 Å². The lowest BCUT2D eigenvalue weighted by Gasteiger charge is -2.57. The second-order valence-corrected chi connectivity index (χ2v) is 9.46. The third kappa shape index (κ3) is 2.14. The molecule has 6 atom stereocenters. The van der Waals surface area contributed by atoms with Gasteiger partial charge < -0.3 is 0 Å². The average molecular weight is 315 g/mol. The van der Waals surface area contributed by atoms with Crippen molar-refractivity contribution >= 4 is 5.78 Å². The molecular weight excluding hydrogens is 280 g/mol. The number of Topliss-reactive ketones (excluding diaryl/α,β-unsaturated/α-hetero) is 1. The zero-order chi connectivity index (χ0) is 16.2. The second-order valence-electron chi connectivity index (χ2n) is 9.46. The van der Waals surface area contributed by atoms with Gasteiger partial charge in [0.2, 0.25) is 0 Å². The largest absolute Gasteiger partial charge is 0.299 e. The van der Waals surface area contributed by atoms with Gasteiger partial charge in [0, 0.05) is 12.3 Å². The van der Waals surface area contributed by atoms with Crippen molar-refractivity contribution in [3.05, 3.63) is 11.6 Å². The van der Waals surface area contributed by atoms with Gasteiger partial charge in [-0.25, -0.2) is 0 Å². The Morgan fingerprint density at radius 3 is 2.74 bits per heavy atom. The summed E-state index contributed by atoms with van der Waals surface area (Å²) in [4.78, 5) is 12.5. The van der Waals surface area contributed by atoms with E-state index < -0.39 is 0 Å². The van der Waals surface area contributed by atoms with E-state index in [9.17, 15) is 4.79 Å². The predicted octanol–water partition coefficient (Wildman–Crippen LogP) is 5.93. The summed E-state index contributed by atoms with van der Waals surface area (Å²) in [7, 11) is 0. The van der Waals surface area contributed by atoms with Crippen LogP contribution in [0.4, 0.5) is 0 Å². The first-order chi connectivity index (χ1) is 11.0. The molecule has 4 rings (SSSR count). The van der Waals surface area contributed by atoms with Crippen molar-refractivity contribution in [2.75, 3.05) is 0 Å². The summed E-state index contributed by atoms with van der Waals surface area (Å²) in [5.74, 6) is 3.47. The van der Waals surface area contributed by atoms with E-state index in [0.29, 0.717) is 22.5 Å². The molecule has 4 aliphatic rings. The topological polar surface area (TPSA) is 17.1 Å². The maximum absolute atomic E-state index is 12.5. The third-order valence-electron chi connectivity index (χ3n) is 8.75. The fourth-order valence-electron chi connectivity index (χ4n) is 7.47. The highest BCUT2D eigenvalue weighted by molar-refractivity contribution is 5.82. The van der Waals surface area contributed by atoms with Gasteiger partial charge >= 0.3 is 0 Å². The minimum atomic E-state index is 0.310. The summed E-state index contributed by atoms with van der Waals surface area (Å²) in [6.45, 7) is 7.12. The summed E-state index contributed by atoms with van der Waals surface area (Å²) in [6.07, 6.45) is 15.5. The van der Waals surface area contributed by atoms with Crippen molar-refractivity contribution in [1.82, 2.24) is 0 Å². The molecule has 0 aromatic rings. The van der Waals surface area contributed by atoms with Crippen LogP contribution < -0.4 is 0 Å². The molecule has 0 aliphatic heterocycles. The van der Waals surface area contributed by atoms with Crippen LogP contribution in [-0.4, -0.2) is 5.78 Å². The summed E-state index contributed by atoms with van der Waals surface area (Å²) in [5.41, 5.74) is 2.60. The maximum Gasteiger partial charge on any atom is 0.136 e. The monoisotopic (exact) mass is 314 g/mol. The van der Waals surface area contributed by atoms with E-state index in [1.165, 1.54) is 57.8 Å². The maximum atomic E-state index is 12.5. The Morgan fingerprint density at radius 1 is 1.13 bits per heavy atom. The summed E-state index contributed by atoms with van der Waals surface area (Å²) < 4.78 is 0. The van der Waals surface area contributed by atoms with Crippen molar-refractivity contribution in [2.24, 2.45) is 34.5 Å². The minimum Gasteiger partial charge on any atom is -0.299 e. The van der Waals surface area contributed by atoms with Crippen LogP contribution in [0, 0.1) is 34.5 Å². The Hall–Kier alpha value is -0.590. The van der Waals surface area contributed by atoms with Gasteiger partial charge in [-0.15, -0.1) is 0 Å². The molecule has 0 unspecified atom stereocenters. The van der Waals surface area contributed by atoms with Crippen LogP contribution in [0.5, 0.6) is 0 Å². The quantitative estimate of drug-likeness (QED) is 0.577. The van der Waals surface area contributed by atoms with Crippen molar-refractivity contribution in [3.8, 4) is 0 Å². The Balaban J connectivity index is 1.65. The van der Waals surface area contributed by atoms with Crippen molar-refractivity contribution in [3.63, 3.8) is 0 Å². The fraction of sp³-hybridized carbons (Fsp3) is 0.864. The number of hydrogen-bond donors (Lipinski definition) is 0. The lowest BCUT2D eigenvalue weighted by molar-refractivity contribution is -0.129. The molecule has 128 valence electrons. The zero-order valence-corrected chi connectivity index (χ0v) is 15.4.